The topological polar surface area (TPSA) is 161 Å². The van der Waals surface area contributed by atoms with Crippen LogP contribution in [0.4, 0.5) is 0 Å². The largest absolute Gasteiger partial charge is 0.453 e. The molecule has 0 spiro atoms. The Morgan fingerprint density at radius 1 is 1.08 bits per heavy atom. The zero-order valence-electron chi connectivity index (χ0n) is 13.5. The molecule has 0 amide bonds. The summed E-state index contributed by atoms with van der Waals surface area (Å²) in [5.74, 6) is -5.00. The standard InChI is InChI=1S/C13H18O10S2/c1-7(2)11(14)22-10-5-9(6-24(16,17)18)13(10,25(19,20)21)23-12(15)8(3)4/h9-10H,1,3,5-6H2,2,4H3,(H,16,17,18)(H,19,20,21). The van der Waals surface area contributed by atoms with Crippen molar-refractivity contribution in [2.75, 3.05) is 5.75 Å². The Bertz CT molecular complexity index is 823. The molecule has 1 aliphatic carbocycles. The average molecular weight is 398 g/mol. The SMILES string of the molecule is C=C(C)C(=O)OC1CC(CS(=O)(=O)O)C1(OC(=O)C(=C)C)S(=O)(=O)O. The van der Waals surface area contributed by atoms with Crippen LogP contribution in [0.25, 0.3) is 0 Å². The molecule has 0 aromatic rings. The molecular weight excluding hydrogens is 380 g/mol. The molecule has 0 aliphatic heterocycles. The lowest BCUT2D eigenvalue weighted by atomic mass is 9.79. The fourth-order valence-electron chi connectivity index (χ4n) is 2.30. The van der Waals surface area contributed by atoms with Crippen LogP contribution in [0, 0.1) is 5.92 Å². The lowest BCUT2D eigenvalue weighted by Crippen LogP contribution is -2.69. The Morgan fingerprint density at radius 2 is 1.56 bits per heavy atom. The zero-order chi connectivity index (χ0) is 19.8. The van der Waals surface area contributed by atoms with Gasteiger partial charge in [0.25, 0.3) is 15.1 Å². The van der Waals surface area contributed by atoms with Crippen LogP contribution in [0.1, 0.15) is 20.3 Å². The zero-order valence-corrected chi connectivity index (χ0v) is 15.1. The van der Waals surface area contributed by atoms with Crippen molar-refractivity contribution in [2.45, 2.75) is 31.3 Å². The molecule has 2 N–H and O–H groups in total. The lowest BCUT2D eigenvalue weighted by Gasteiger charge is -2.50. The smallest absolute Gasteiger partial charge is 0.334 e. The molecule has 142 valence electrons. The van der Waals surface area contributed by atoms with Gasteiger partial charge < -0.3 is 9.47 Å². The molecular formula is C13H18O10S2. The van der Waals surface area contributed by atoms with Crippen LogP contribution < -0.4 is 0 Å². The lowest BCUT2D eigenvalue weighted by molar-refractivity contribution is -0.199. The molecule has 3 atom stereocenters. The Labute approximate surface area is 145 Å². The predicted molar refractivity (Wildman–Crippen MR) is 84.4 cm³/mol. The summed E-state index contributed by atoms with van der Waals surface area (Å²) >= 11 is 0. The number of carbonyl (C=O) groups excluding carboxylic acids is 2. The molecule has 3 unspecified atom stereocenters. The molecule has 0 radical (unpaired) electrons. The minimum Gasteiger partial charge on any atom is -0.453 e. The molecule has 25 heavy (non-hydrogen) atoms. The van der Waals surface area contributed by atoms with E-state index in [-0.39, 0.29) is 11.1 Å². The molecule has 1 fully saturated rings. The maximum atomic E-state index is 11.9. The van der Waals surface area contributed by atoms with Crippen LogP contribution in [0.15, 0.2) is 24.3 Å². The summed E-state index contributed by atoms with van der Waals surface area (Å²) in [6, 6.07) is 0. The minimum atomic E-state index is -5.26. The molecule has 10 nitrogen and oxygen atoms in total. The number of carbonyl (C=O) groups is 2. The fourth-order valence-corrected chi connectivity index (χ4v) is 4.55. The molecule has 0 bridgehead atoms. The Morgan fingerprint density at radius 3 is 1.92 bits per heavy atom. The maximum Gasteiger partial charge on any atom is 0.334 e. The molecule has 0 aromatic carbocycles. The summed E-state index contributed by atoms with van der Waals surface area (Å²) in [7, 11) is -9.95. The second kappa shape index (κ2) is 6.86. The molecule has 12 heteroatoms. The van der Waals surface area contributed by atoms with Crippen molar-refractivity contribution < 1.29 is 45.0 Å². The second-order valence-electron chi connectivity index (χ2n) is 5.72. The van der Waals surface area contributed by atoms with E-state index >= 15 is 0 Å². The Balaban J connectivity index is 3.39. The van der Waals surface area contributed by atoms with Gasteiger partial charge in [0, 0.05) is 17.1 Å². The Kier molecular flexibility index (Phi) is 5.84. The summed E-state index contributed by atoms with van der Waals surface area (Å²) in [5, 5.41) is 0. The summed E-state index contributed by atoms with van der Waals surface area (Å²) in [5.41, 5.74) is -0.348. The highest BCUT2D eigenvalue weighted by Gasteiger charge is 2.70. The summed E-state index contributed by atoms with van der Waals surface area (Å²) in [6.45, 7) is 9.01. The van der Waals surface area contributed by atoms with E-state index in [1.54, 1.807) is 0 Å². The van der Waals surface area contributed by atoms with Gasteiger partial charge in [0.05, 0.1) is 5.75 Å². The monoisotopic (exact) mass is 398 g/mol. The van der Waals surface area contributed by atoms with Gasteiger partial charge in [-0.3, -0.25) is 9.11 Å². The molecule has 1 saturated carbocycles. The van der Waals surface area contributed by atoms with Crippen LogP contribution in [-0.2, 0) is 39.3 Å². The first kappa shape index (κ1) is 21.3. The van der Waals surface area contributed by atoms with E-state index in [4.69, 9.17) is 14.0 Å². The van der Waals surface area contributed by atoms with E-state index in [9.17, 15) is 31.0 Å². The summed E-state index contributed by atoms with van der Waals surface area (Å²) < 4.78 is 74.2. The van der Waals surface area contributed by atoms with Crippen LogP contribution in [0.2, 0.25) is 0 Å². The van der Waals surface area contributed by atoms with Crippen LogP contribution in [-0.4, -0.2) is 54.7 Å². The predicted octanol–water partition coefficient (Wildman–Crippen LogP) is 0.0854. The van der Waals surface area contributed by atoms with E-state index in [0.717, 1.165) is 0 Å². The third-order valence-electron chi connectivity index (χ3n) is 3.53. The summed E-state index contributed by atoms with van der Waals surface area (Å²) in [6.07, 6.45) is -2.09. The van der Waals surface area contributed by atoms with Crippen molar-refractivity contribution in [1.82, 2.24) is 0 Å². The summed E-state index contributed by atoms with van der Waals surface area (Å²) in [4.78, 5) is 20.6. The van der Waals surface area contributed by atoms with Gasteiger partial charge in [-0.25, -0.2) is 9.59 Å². The number of hydrogen-bond acceptors (Lipinski definition) is 8. The second-order valence-corrected chi connectivity index (χ2v) is 8.81. The first-order valence-electron chi connectivity index (χ1n) is 6.79. The van der Waals surface area contributed by atoms with Gasteiger partial charge >= 0.3 is 22.1 Å². The average Bonchev–Trinajstić information content (AvgIpc) is 2.39. The minimum absolute atomic E-state index is 0.103. The van der Waals surface area contributed by atoms with E-state index < -0.39 is 61.3 Å². The third kappa shape index (κ3) is 4.45. The third-order valence-corrected chi connectivity index (χ3v) is 5.84. The van der Waals surface area contributed by atoms with Gasteiger partial charge in [-0.2, -0.15) is 16.8 Å². The fraction of sp³-hybridized carbons (Fsp3) is 0.538. The van der Waals surface area contributed by atoms with E-state index in [1.807, 2.05) is 0 Å². The van der Waals surface area contributed by atoms with Crippen molar-refractivity contribution >= 4 is 32.2 Å². The highest BCUT2D eigenvalue weighted by Crippen LogP contribution is 2.48. The molecule has 0 heterocycles. The van der Waals surface area contributed by atoms with Crippen molar-refractivity contribution in [3.63, 3.8) is 0 Å². The first-order chi connectivity index (χ1) is 11.1. The van der Waals surface area contributed by atoms with Crippen molar-refractivity contribution in [3.8, 4) is 0 Å². The van der Waals surface area contributed by atoms with Crippen LogP contribution in [0.5, 0.6) is 0 Å². The van der Waals surface area contributed by atoms with Gasteiger partial charge in [-0.15, -0.1) is 0 Å². The van der Waals surface area contributed by atoms with Crippen molar-refractivity contribution in [1.29, 1.82) is 0 Å². The molecule has 0 aromatic heterocycles. The van der Waals surface area contributed by atoms with Crippen LogP contribution >= 0.6 is 0 Å². The number of hydrogen-bond donors (Lipinski definition) is 2. The quantitative estimate of drug-likeness (QED) is 0.341. The van der Waals surface area contributed by atoms with Gasteiger partial charge in [0.2, 0.25) is 0 Å². The normalized spacial score (nSPS) is 26.2. The number of esters is 2. The molecule has 0 saturated heterocycles. The van der Waals surface area contributed by atoms with E-state index in [0.29, 0.717) is 0 Å². The van der Waals surface area contributed by atoms with Gasteiger partial charge in [-0.05, 0) is 20.3 Å². The van der Waals surface area contributed by atoms with E-state index in [1.165, 1.54) is 13.8 Å². The first-order valence-corrected chi connectivity index (χ1v) is 9.84. The highest BCUT2D eigenvalue weighted by atomic mass is 32.2. The van der Waals surface area contributed by atoms with Gasteiger partial charge in [-0.1, -0.05) is 13.2 Å². The highest BCUT2D eigenvalue weighted by molar-refractivity contribution is 7.87. The number of ether oxygens (including phenoxy) is 2. The van der Waals surface area contributed by atoms with Crippen LogP contribution in [0.3, 0.4) is 0 Å². The molecule has 1 aliphatic rings. The van der Waals surface area contributed by atoms with Gasteiger partial charge in [0.1, 0.15) is 0 Å². The molecule has 1 rings (SSSR count). The Hall–Kier alpha value is -1.76. The van der Waals surface area contributed by atoms with Crippen molar-refractivity contribution in [2.24, 2.45) is 5.92 Å². The van der Waals surface area contributed by atoms with E-state index in [2.05, 4.69) is 13.2 Å². The maximum absolute atomic E-state index is 11.9. The van der Waals surface area contributed by atoms with Crippen molar-refractivity contribution in [3.05, 3.63) is 24.3 Å². The van der Waals surface area contributed by atoms with Gasteiger partial charge in [0.15, 0.2) is 6.10 Å². The number of rotatable bonds is 7.